The van der Waals surface area contributed by atoms with Crippen molar-refractivity contribution >= 4 is 76.7 Å². The predicted molar refractivity (Wildman–Crippen MR) is 88.8 cm³/mol. The molecule has 1 aromatic carbocycles. The number of carbonyl (C=O) groups excluding carboxylic acids is 1. The van der Waals surface area contributed by atoms with Gasteiger partial charge in [-0.15, -0.1) is 11.3 Å². The Labute approximate surface area is 143 Å². The first-order valence-corrected chi connectivity index (χ1v) is 8.37. The third-order valence-electron chi connectivity index (χ3n) is 2.38. The summed E-state index contributed by atoms with van der Waals surface area (Å²) in [7, 11) is 0. The summed E-state index contributed by atoms with van der Waals surface area (Å²) in [6.45, 7) is 0. The quantitative estimate of drug-likeness (QED) is 0.646. The van der Waals surface area contributed by atoms with Crippen molar-refractivity contribution in [1.82, 2.24) is 0 Å². The molecule has 2 N–H and O–H groups in total. The van der Waals surface area contributed by atoms with Gasteiger partial charge in [0.25, 0.3) is 5.91 Å². The SMILES string of the molecule is O=C(Nc1c(Br)cccc1C(=O)O)c1cc(Br)sc1Br. The second kappa shape index (κ2) is 6.38. The van der Waals surface area contributed by atoms with Crippen LogP contribution in [-0.2, 0) is 0 Å². The Hall–Kier alpha value is -0.700. The summed E-state index contributed by atoms with van der Waals surface area (Å²) in [5.41, 5.74) is 0.700. The van der Waals surface area contributed by atoms with Crippen molar-refractivity contribution in [3.8, 4) is 0 Å². The number of carboxylic acids is 1. The molecule has 0 fully saturated rings. The molecular formula is C12H6Br3NO3S. The molecule has 0 unspecified atom stereocenters. The van der Waals surface area contributed by atoms with Gasteiger partial charge in [-0.3, -0.25) is 4.79 Å². The highest BCUT2D eigenvalue weighted by molar-refractivity contribution is 9.12. The van der Waals surface area contributed by atoms with Gasteiger partial charge in [0.15, 0.2) is 0 Å². The molecule has 0 saturated heterocycles. The molecule has 4 nitrogen and oxygen atoms in total. The normalized spacial score (nSPS) is 10.3. The van der Waals surface area contributed by atoms with Crippen LogP contribution in [0.25, 0.3) is 0 Å². The molecule has 0 aliphatic rings. The molecule has 0 spiro atoms. The van der Waals surface area contributed by atoms with Crippen LogP contribution in [0.5, 0.6) is 0 Å². The van der Waals surface area contributed by atoms with E-state index in [4.69, 9.17) is 5.11 Å². The Kier molecular flexibility index (Phi) is 5.00. The fraction of sp³-hybridized carbons (Fsp3) is 0. The summed E-state index contributed by atoms with van der Waals surface area (Å²) < 4.78 is 1.99. The van der Waals surface area contributed by atoms with E-state index in [0.29, 0.717) is 13.8 Å². The number of aromatic carboxylic acids is 1. The lowest BCUT2D eigenvalue weighted by atomic mass is 10.1. The highest BCUT2D eigenvalue weighted by atomic mass is 79.9. The monoisotopic (exact) mass is 481 g/mol. The Morgan fingerprint density at radius 2 is 1.85 bits per heavy atom. The molecule has 20 heavy (non-hydrogen) atoms. The first-order chi connectivity index (χ1) is 9.40. The number of carboxylic acid groups (broad SMARTS) is 1. The molecule has 0 bridgehead atoms. The van der Waals surface area contributed by atoms with E-state index >= 15 is 0 Å². The molecule has 2 rings (SSSR count). The van der Waals surface area contributed by atoms with Gasteiger partial charge in [-0.2, -0.15) is 0 Å². The van der Waals surface area contributed by atoms with Gasteiger partial charge < -0.3 is 10.4 Å². The molecule has 2 aromatic rings. The summed E-state index contributed by atoms with van der Waals surface area (Å²) in [4.78, 5) is 23.4. The molecular weight excluding hydrogens is 478 g/mol. The standard InChI is InChI=1S/C12H6Br3NO3S/c13-7-3-1-2-5(12(18)19)9(7)16-11(17)6-4-8(14)20-10(6)15/h1-4H,(H,16,17)(H,18,19). The summed E-state index contributed by atoms with van der Waals surface area (Å²) in [5, 5.41) is 11.8. The number of anilines is 1. The maximum Gasteiger partial charge on any atom is 0.337 e. The molecule has 0 saturated carbocycles. The van der Waals surface area contributed by atoms with Crippen molar-refractivity contribution in [3.63, 3.8) is 0 Å². The number of benzene rings is 1. The summed E-state index contributed by atoms with van der Waals surface area (Å²) >= 11 is 11.2. The second-order valence-corrected chi connectivity index (χ2v) is 8.26. The molecule has 1 amide bonds. The Balaban J connectivity index is 2.37. The van der Waals surface area contributed by atoms with Crippen LogP contribution in [0.1, 0.15) is 20.7 Å². The lowest BCUT2D eigenvalue weighted by Gasteiger charge is -2.10. The topological polar surface area (TPSA) is 66.4 Å². The van der Waals surface area contributed by atoms with Crippen molar-refractivity contribution in [2.24, 2.45) is 0 Å². The number of nitrogens with one attached hydrogen (secondary N) is 1. The first-order valence-electron chi connectivity index (χ1n) is 5.18. The average molecular weight is 484 g/mol. The van der Waals surface area contributed by atoms with Crippen LogP contribution in [0, 0.1) is 0 Å². The molecule has 0 aliphatic heterocycles. The fourth-order valence-corrected chi connectivity index (χ4v) is 4.76. The van der Waals surface area contributed by atoms with Crippen LogP contribution in [-0.4, -0.2) is 17.0 Å². The maximum absolute atomic E-state index is 12.2. The lowest BCUT2D eigenvalue weighted by molar-refractivity contribution is 0.0698. The second-order valence-electron chi connectivity index (χ2n) is 3.66. The van der Waals surface area contributed by atoms with Crippen LogP contribution in [0.4, 0.5) is 5.69 Å². The summed E-state index contributed by atoms with van der Waals surface area (Å²) in [6.07, 6.45) is 0. The van der Waals surface area contributed by atoms with Crippen LogP contribution in [0.15, 0.2) is 36.3 Å². The van der Waals surface area contributed by atoms with Crippen molar-refractivity contribution in [2.45, 2.75) is 0 Å². The zero-order chi connectivity index (χ0) is 14.9. The number of para-hydroxylation sites is 1. The van der Waals surface area contributed by atoms with Gasteiger partial charge in [-0.1, -0.05) is 6.07 Å². The van der Waals surface area contributed by atoms with E-state index in [1.165, 1.54) is 17.4 Å². The van der Waals surface area contributed by atoms with Gasteiger partial charge in [0.2, 0.25) is 0 Å². The van der Waals surface area contributed by atoms with Gasteiger partial charge >= 0.3 is 5.97 Å². The number of halogens is 3. The first kappa shape index (κ1) is 15.7. The van der Waals surface area contributed by atoms with E-state index in [9.17, 15) is 9.59 Å². The zero-order valence-corrected chi connectivity index (χ0v) is 15.2. The van der Waals surface area contributed by atoms with Gasteiger partial charge in [-0.25, -0.2) is 4.79 Å². The third-order valence-corrected chi connectivity index (χ3v) is 5.38. The third kappa shape index (κ3) is 3.30. The van der Waals surface area contributed by atoms with Crippen molar-refractivity contribution in [3.05, 3.63) is 47.4 Å². The Morgan fingerprint density at radius 3 is 2.40 bits per heavy atom. The minimum absolute atomic E-state index is 0.0261. The molecule has 0 radical (unpaired) electrons. The minimum Gasteiger partial charge on any atom is -0.478 e. The van der Waals surface area contributed by atoms with Crippen molar-refractivity contribution in [2.75, 3.05) is 5.32 Å². The number of hydrogen-bond donors (Lipinski definition) is 2. The van der Waals surface area contributed by atoms with Crippen LogP contribution in [0.3, 0.4) is 0 Å². The van der Waals surface area contributed by atoms with E-state index in [0.717, 1.165) is 3.79 Å². The lowest BCUT2D eigenvalue weighted by Crippen LogP contribution is -2.15. The number of rotatable bonds is 3. The minimum atomic E-state index is -1.10. The summed E-state index contributed by atoms with van der Waals surface area (Å²) in [5.74, 6) is -1.49. The van der Waals surface area contributed by atoms with Crippen LogP contribution >= 0.6 is 59.1 Å². The highest BCUT2D eigenvalue weighted by Gasteiger charge is 2.19. The molecule has 1 heterocycles. The van der Waals surface area contributed by atoms with Crippen molar-refractivity contribution < 1.29 is 14.7 Å². The molecule has 0 aliphatic carbocycles. The molecule has 8 heteroatoms. The molecule has 104 valence electrons. The van der Waals surface area contributed by atoms with Crippen LogP contribution < -0.4 is 5.32 Å². The number of carbonyl (C=O) groups is 2. The Bertz CT molecular complexity index is 699. The van der Waals surface area contributed by atoms with Gasteiger partial charge in [-0.05, 0) is 66.0 Å². The van der Waals surface area contributed by atoms with E-state index in [1.54, 1.807) is 18.2 Å². The number of thiophene rings is 1. The van der Waals surface area contributed by atoms with E-state index in [-0.39, 0.29) is 17.2 Å². The Morgan fingerprint density at radius 1 is 1.15 bits per heavy atom. The van der Waals surface area contributed by atoms with E-state index < -0.39 is 5.97 Å². The molecule has 1 aromatic heterocycles. The van der Waals surface area contributed by atoms with E-state index in [1.807, 2.05) is 0 Å². The number of hydrogen-bond acceptors (Lipinski definition) is 3. The zero-order valence-electron chi connectivity index (χ0n) is 9.62. The fourth-order valence-electron chi connectivity index (χ4n) is 1.51. The maximum atomic E-state index is 12.2. The largest absolute Gasteiger partial charge is 0.478 e. The number of amides is 1. The predicted octanol–water partition coefficient (Wildman–Crippen LogP) is 4.99. The van der Waals surface area contributed by atoms with Gasteiger partial charge in [0.05, 0.1) is 24.4 Å². The molecule has 0 atom stereocenters. The highest BCUT2D eigenvalue weighted by Crippen LogP contribution is 2.33. The van der Waals surface area contributed by atoms with Gasteiger partial charge in [0, 0.05) is 4.47 Å². The average Bonchev–Trinajstić information content (AvgIpc) is 2.70. The van der Waals surface area contributed by atoms with E-state index in [2.05, 4.69) is 53.1 Å². The van der Waals surface area contributed by atoms with Crippen LogP contribution in [0.2, 0.25) is 0 Å². The summed E-state index contributed by atoms with van der Waals surface area (Å²) in [6, 6.07) is 6.36. The smallest absolute Gasteiger partial charge is 0.337 e. The van der Waals surface area contributed by atoms with Crippen molar-refractivity contribution in [1.29, 1.82) is 0 Å². The van der Waals surface area contributed by atoms with Gasteiger partial charge in [0.1, 0.15) is 0 Å².